The van der Waals surface area contributed by atoms with Crippen LogP contribution in [0, 0.1) is 6.92 Å². The maximum Gasteiger partial charge on any atom is 0.388 e. The fourth-order valence-corrected chi connectivity index (χ4v) is 2.97. The lowest BCUT2D eigenvalue weighted by atomic mass is 10.2. The molecule has 2 N–H and O–H groups in total. The van der Waals surface area contributed by atoms with Crippen molar-refractivity contribution in [1.29, 1.82) is 0 Å². The highest BCUT2D eigenvalue weighted by Crippen LogP contribution is 2.49. The molecule has 0 atom stereocenters. The van der Waals surface area contributed by atoms with Crippen molar-refractivity contribution in [1.82, 2.24) is 0 Å². The zero-order chi connectivity index (χ0) is 17.5. The molecule has 0 unspecified atom stereocenters. The van der Waals surface area contributed by atoms with Crippen LogP contribution in [0.15, 0.2) is 29.4 Å². The number of amides is 1. The molecule has 0 spiro atoms. The van der Waals surface area contributed by atoms with Gasteiger partial charge >= 0.3 is 13.6 Å². The Hall–Kier alpha value is -2.02. The van der Waals surface area contributed by atoms with Crippen molar-refractivity contribution in [3.8, 4) is 0 Å². The normalized spacial score (nSPS) is 12.0. The molecule has 1 aromatic carbocycles. The van der Waals surface area contributed by atoms with Gasteiger partial charge in [-0.1, -0.05) is 22.9 Å². The maximum absolute atomic E-state index is 12.5. The molecule has 0 bridgehead atoms. The molecule has 1 amide bonds. The van der Waals surface area contributed by atoms with Crippen molar-refractivity contribution in [2.45, 2.75) is 20.8 Å². The van der Waals surface area contributed by atoms with Crippen LogP contribution in [0.25, 0.3) is 0 Å². The summed E-state index contributed by atoms with van der Waals surface area (Å²) in [7, 11) is -4.04. The van der Waals surface area contributed by atoms with Gasteiger partial charge in [0.25, 0.3) is 11.4 Å². The zero-order valence-electron chi connectivity index (χ0n) is 13.1. The number of hydrogen-bond donors (Lipinski definition) is 1. The van der Waals surface area contributed by atoms with Gasteiger partial charge in [0.2, 0.25) is 0 Å². The molecule has 1 aromatic rings. The first-order valence-electron chi connectivity index (χ1n) is 6.89. The van der Waals surface area contributed by atoms with E-state index in [0.29, 0.717) is 0 Å². The molecule has 0 aliphatic heterocycles. The molecule has 0 saturated heterocycles. The average Bonchev–Trinajstić information content (AvgIpc) is 2.48. The highest BCUT2D eigenvalue weighted by atomic mass is 31.2. The number of hydrogen-bond acceptors (Lipinski definition) is 7. The van der Waals surface area contributed by atoms with Crippen molar-refractivity contribution >= 4 is 24.9 Å². The lowest BCUT2D eigenvalue weighted by Crippen LogP contribution is -2.26. The van der Waals surface area contributed by atoms with E-state index < -0.39 is 24.9 Å². The fourth-order valence-electron chi connectivity index (χ4n) is 1.56. The van der Waals surface area contributed by atoms with E-state index in [9.17, 15) is 14.2 Å². The third-order valence-corrected chi connectivity index (χ3v) is 4.60. The van der Waals surface area contributed by atoms with E-state index in [1.807, 2.05) is 6.92 Å². The highest BCUT2D eigenvalue weighted by Gasteiger charge is 2.37. The van der Waals surface area contributed by atoms with E-state index in [4.69, 9.17) is 14.8 Å². The van der Waals surface area contributed by atoms with Crippen LogP contribution in [0.3, 0.4) is 0 Å². The summed E-state index contributed by atoms with van der Waals surface area (Å²) in [5, 5.41) is 3.31. The molecule has 0 aliphatic carbocycles. The standard InChI is InChI=1S/C14H19N2O6P/c1-4-20-23(19,21-5-2)13(12(15)17)16-22-14(18)11-8-6-10(3)7-9-11/h6-9H,4-5H2,1-3H3,(H2,15,17)/b16-13+. The van der Waals surface area contributed by atoms with Gasteiger partial charge in [-0.15, -0.1) is 0 Å². The van der Waals surface area contributed by atoms with Crippen molar-refractivity contribution in [3.05, 3.63) is 35.4 Å². The Kier molecular flexibility index (Phi) is 7.09. The smallest absolute Gasteiger partial charge is 0.364 e. The van der Waals surface area contributed by atoms with E-state index in [1.54, 1.807) is 26.0 Å². The second-order valence-electron chi connectivity index (χ2n) is 4.36. The van der Waals surface area contributed by atoms with Gasteiger partial charge in [0, 0.05) is 0 Å². The molecule has 0 aromatic heterocycles. The number of benzene rings is 1. The van der Waals surface area contributed by atoms with Crippen LogP contribution in [0.1, 0.15) is 29.8 Å². The Labute approximate surface area is 134 Å². The minimum atomic E-state index is -4.04. The molecule has 9 heteroatoms. The number of nitrogens with zero attached hydrogens (tertiary/aromatic N) is 1. The molecule has 0 saturated carbocycles. The monoisotopic (exact) mass is 342 g/mol. The molecule has 23 heavy (non-hydrogen) atoms. The topological polar surface area (TPSA) is 117 Å². The molecule has 0 fully saturated rings. The van der Waals surface area contributed by atoms with E-state index in [0.717, 1.165) is 5.56 Å². The molecular formula is C14H19N2O6P. The lowest BCUT2D eigenvalue weighted by Gasteiger charge is -2.16. The molecule has 0 aliphatic rings. The molecule has 0 heterocycles. The van der Waals surface area contributed by atoms with Crippen LogP contribution < -0.4 is 5.73 Å². The van der Waals surface area contributed by atoms with Gasteiger partial charge in [-0.25, -0.2) is 4.79 Å². The van der Waals surface area contributed by atoms with Gasteiger partial charge in [0.1, 0.15) is 0 Å². The highest BCUT2D eigenvalue weighted by molar-refractivity contribution is 7.75. The largest absolute Gasteiger partial charge is 0.388 e. The summed E-state index contributed by atoms with van der Waals surface area (Å²) in [6, 6.07) is 6.48. The molecule has 0 radical (unpaired) electrons. The third-order valence-electron chi connectivity index (χ3n) is 2.58. The van der Waals surface area contributed by atoms with Crippen LogP contribution in [0.4, 0.5) is 0 Å². The number of nitrogens with two attached hydrogens (primary N) is 1. The molecule has 8 nitrogen and oxygen atoms in total. The number of oxime groups is 1. The first-order valence-corrected chi connectivity index (χ1v) is 8.43. The number of carbonyl (C=O) groups excluding carboxylic acids is 2. The van der Waals surface area contributed by atoms with Gasteiger partial charge in [-0.2, -0.15) is 0 Å². The Morgan fingerprint density at radius 1 is 1.13 bits per heavy atom. The second kappa shape index (κ2) is 8.57. The summed E-state index contributed by atoms with van der Waals surface area (Å²) < 4.78 is 22.4. The van der Waals surface area contributed by atoms with Crippen LogP contribution in [-0.2, 0) is 23.2 Å². The van der Waals surface area contributed by atoms with Gasteiger partial charge in [0.05, 0.1) is 18.8 Å². The first kappa shape index (κ1) is 19.0. The zero-order valence-corrected chi connectivity index (χ0v) is 14.0. The maximum atomic E-state index is 12.5. The average molecular weight is 342 g/mol. The summed E-state index contributed by atoms with van der Waals surface area (Å²) in [5.41, 5.74) is 5.54. The van der Waals surface area contributed by atoms with Crippen molar-refractivity contribution in [3.63, 3.8) is 0 Å². The van der Waals surface area contributed by atoms with Gasteiger partial charge in [-0.05, 0) is 32.9 Å². The minimum Gasteiger partial charge on any atom is -0.364 e. The number of aryl methyl sites for hydroxylation is 1. The van der Waals surface area contributed by atoms with Crippen molar-refractivity contribution in [2.75, 3.05) is 13.2 Å². The van der Waals surface area contributed by atoms with Gasteiger partial charge in [-0.3, -0.25) is 9.36 Å². The molecular weight excluding hydrogens is 323 g/mol. The Morgan fingerprint density at radius 2 is 1.65 bits per heavy atom. The summed E-state index contributed by atoms with van der Waals surface area (Å²) >= 11 is 0. The molecule has 126 valence electrons. The van der Waals surface area contributed by atoms with Crippen LogP contribution in [0.2, 0.25) is 0 Å². The predicted octanol–water partition coefficient (Wildman–Crippen LogP) is 2.22. The fraction of sp³-hybridized carbons (Fsp3) is 0.357. The van der Waals surface area contributed by atoms with E-state index in [-0.39, 0.29) is 18.8 Å². The van der Waals surface area contributed by atoms with E-state index >= 15 is 0 Å². The number of rotatable bonds is 8. The Morgan fingerprint density at radius 3 is 2.09 bits per heavy atom. The third kappa shape index (κ3) is 5.28. The Balaban J connectivity index is 3.02. The number of primary amides is 1. The van der Waals surface area contributed by atoms with Gasteiger partial charge < -0.3 is 19.6 Å². The summed E-state index contributed by atoms with van der Waals surface area (Å²) in [5.74, 6) is -1.99. The van der Waals surface area contributed by atoms with Crippen LogP contribution >= 0.6 is 7.60 Å². The quantitative estimate of drug-likeness (QED) is 0.335. The minimum absolute atomic E-state index is 0.00448. The second-order valence-corrected chi connectivity index (χ2v) is 6.29. The molecule has 1 rings (SSSR count). The number of carbonyl (C=O) groups is 2. The van der Waals surface area contributed by atoms with Gasteiger partial charge in [0.15, 0.2) is 0 Å². The van der Waals surface area contributed by atoms with Crippen molar-refractivity contribution in [2.24, 2.45) is 10.9 Å². The van der Waals surface area contributed by atoms with E-state index in [1.165, 1.54) is 12.1 Å². The van der Waals surface area contributed by atoms with Crippen LogP contribution in [0.5, 0.6) is 0 Å². The predicted molar refractivity (Wildman–Crippen MR) is 84.1 cm³/mol. The summed E-state index contributed by atoms with van der Waals surface area (Å²) in [4.78, 5) is 28.0. The summed E-state index contributed by atoms with van der Waals surface area (Å²) in [6.07, 6.45) is 0. The lowest BCUT2D eigenvalue weighted by molar-refractivity contribution is -0.111. The first-order chi connectivity index (χ1) is 10.8. The SMILES string of the molecule is CCOP(=O)(OCC)/C(=N/OC(=O)c1ccc(C)cc1)C(N)=O. The van der Waals surface area contributed by atoms with Crippen molar-refractivity contribution < 1.29 is 28.0 Å². The van der Waals surface area contributed by atoms with E-state index in [2.05, 4.69) is 9.99 Å². The Bertz CT molecular complexity index is 631. The van der Waals surface area contributed by atoms with Crippen LogP contribution in [-0.4, -0.2) is 30.5 Å². The summed E-state index contributed by atoms with van der Waals surface area (Å²) in [6.45, 7) is 4.97.